The monoisotopic (exact) mass is 323 g/mol. The van der Waals surface area contributed by atoms with Crippen LogP contribution in [0.15, 0.2) is 28.7 Å². The van der Waals surface area contributed by atoms with E-state index in [1.54, 1.807) is 4.90 Å². The maximum atomic E-state index is 12.3. The lowest BCUT2D eigenvalue weighted by molar-refractivity contribution is -0.140. The molecule has 1 saturated heterocycles. The number of carbonyl (C=O) groups excluding carboxylic acids is 2. The molecule has 3 nitrogen and oxygen atoms in total. The fourth-order valence-corrected chi connectivity index (χ4v) is 2.77. The van der Waals surface area contributed by atoms with E-state index >= 15 is 0 Å². The largest absolute Gasteiger partial charge is 0.341 e. The minimum Gasteiger partial charge on any atom is -0.341 e. The smallest absolute Gasteiger partial charge is 0.227 e. The molecule has 19 heavy (non-hydrogen) atoms. The zero-order chi connectivity index (χ0) is 14.0. The Labute approximate surface area is 122 Å². The number of Topliss-reactive ketones (excluding diaryl/α,β-unsaturated/α-hetero) is 1. The van der Waals surface area contributed by atoms with Gasteiger partial charge in [-0.2, -0.15) is 0 Å². The summed E-state index contributed by atoms with van der Waals surface area (Å²) in [4.78, 5) is 25.9. The number of hydrogen-bond donors (Lipinski definition) is 0. The molecule has 102 valence electrons. The van der Waals surface area contributed by atoms with Gasteiger partial charge in [0.25, 0.3) is 0 Å². The number of nitrogens with zero attached hydrogens (tertiary/aromatic N) is 1. The normalized spacial score (nSPS) is 18.5. The van der Waals surface area contributed by atoms with Crippen LogP contribution < -0.4 is 0 Å². The molecule has 0 N–H and O–H groups in total. The molecule has 0 spiro atoms. The Morgan fingerprint density at radius 3 is 2.68 bits per heavy atom. The second kappa shape index (κ2) is 5.45. The average Bonchev–Trinajstić information content (AvgIpc) is 2.35. The van der Waals surface area contributed by atoms with Crippen LogP contribution in [0.1, 0.15) is 25.8 Å². The van der Waals surface area contributed by atoms with Crippen molar-refractivity contribution >= 4 is 27.6 Å². The second-order valence-corrected chi connectivity index (χ2v) is 6.49. The summed E-state index contributed by atoms with van der Waals surface area (Å²) in [5.74, 6) is 0.338. The maximum absolute atomic E-state index is 12.3. The van der Waals surface area contributed by atoms with E-state index in [1.165, 1.54) is 0 Å². The van der Waals surface area contributed by atoms with Gasteiger partial charge in [-0.15, -0.1) is 0 Å². The van der Waals surface area contributed by atoms with E-state index in [1.807, 2.05) is 38.1 Å². The third kappa shape index (κ3) is 3.24. The molecule has 0 unspecified atom stereocenters. The highest BCUT2D eigenvalue weighted by molar-refractivity contribution is 9.10. The van der Waals surface area contributed by atoms with Gasteiger partial charge in [0.05, 0.1) is 6.42 Å². The Bertz CT molecular complexity index is 511. The Hall–Kier alpha value is -1.16. The maximum Gasteiger partial charge on any atom is 0.227 e. The summed E-state index contributed by atoms with van der Waals surface area (Å²) in [6, 6.07) is 7.74. The van der Waals surface area contributed by atoms with Gasteiger partial charge in [-0.05, 0) is 11.6 Å². The first kappa shape index (κ1) is 14.3. The fraction of sp³-hybridized carbons (Fsp3) is 0.467. The van der Waals surface area contributed by atoms with Crippen LogP contribution in [0.5, 0.6) is 0 Å². The first-order chi connectivity index (χ1) is 8.90. The fourth-order valence-electron chi connectivity index (χ4n) is 2.35. The van der Waals surface area contributed by atoms with Gasteiger partial charge in [-0.25, -0.2) is 0 Å². The molecule has 0 atom stereocenters. The summed E-state index contributed by atoms with van der Waals surface area (Å²) in [5.41, 5.74) is 0.573. The number of benzene rings is 1. The number of piperidine rings is 1. The molecule has 1 aromatic rings. The predicted octanol–water partition coefficient (Wildman–Crippen LogP) is 2.82. The number of rotatable bonds is 2. The van der Waals surface area contributed by atoms with Crippen molar-refractivity contribution in [1.82, 2.24) is 4.90 Å². The minimum absolute atomic E-state index is 0.0903. The van der Waals surface area contributed by atoms with Gasteiger partial charge in [0, 0.05) is 29.4 Å². The average molecular weight is 324 g/mol. The summed E-state index contributed by atoms with van der Waals surface area (Å²) in [5, 5.41) is 0. The molecule has 1 heterocycles. The van der Waals surface area contributed by atoms with Crippen molar-refractivity contribution in [2.45, 2.75) is 26.7 Å². The van der Waals surface area contributed by atoms with Gasteiger partial charge in [-0.3, -0.25) is 9.59 Å². The zero-order valence-electron chi connectivity index (χ0n) is 11.3. The first-order valence-electron chi connectivity index (χ1n) is 6.44. The van der Waals surface area contributed by atoms with Crippen LogP contribution in [0, 0.1) is 5.41 Å². The van der Waals surface area contributed by atoms with Crippen LogP contribution in [-0.4, -0.2) is 29.7 Å². The van der Waals surface area contributed by atoms with Crippen LogP contribution >= 0.6 is 15.9 Å². The number of likely N-dealkylation sites (tertiary alicyclic amines) is 1. The van der Waals surface area contributed by atoms with E-state index < -0.39 is 5.41 Å². The van der Waals surface area contributed by atoms with Crippen LogP contribution in [0.4, 0.5) is 0 Å². The van der Waals surface area contributed by atoms with Gasteiger partial charge in [-0.1, -0.05) is 48.0 Å². The molecule has 2 rings (SSSR count). The molecule has 1 fully saturated rings. The van der Waals surface area contributed by atoms with E-state index in [9.17, 15) is 9.59 Å². The van der Waals surface area contributed by atoms with E-state index in [4.69, 9.17) is 0 Å². The first-order valence-corrected chi connectivity index (χ1v) is 7.24. The van der Waals surface area contributed by atoms with Gasteiger partial charge >= 0.3 is 0 Å². The van der Waals surface area contributed by atoms with Crippen molar-refractivity contribution in [1.29, 1.82) is 0 Å². The quantitative estimate of drug-likeness (QED) is 0.839. The van der Waals surface area contributed by atoms with Crippen LogP contribution in [0.3, 0.4) is 0 Å². The summed E-state index contributed by atoms with van der Waals surface area (Å²) < 4.78 is 0.954. The Kier molecular flexibility index (Phi) is 4.09. The molecule has 1 amide bonds. The summed E-state index contributed by atoms with van der Waals surface area (Å²) in [7, 11) is 0. The highest BCUT2D eigenvalue weighted by atomic mass is 79.9. The number of halogens is 1. The molecule has 1 aliphatic rings. The van der Waals surface area contributed by atoms with Gasteiger partial charge in [0.15, 0.2) is 0 Å². The summed E-state index contributed by atoms with van der Waals surface area (Å²) in [6.45, 7) is 4.89. The van der Waals surface area contributed by atoms with Crippen molar-refractivity contribution in [3.63, 3.8) is 0 Å². The molecule has 0 aliphatic carbocycles. The zero-order valence-corrected chi connectivity index (χ0v) is 12.9. The molecular weight excluding hydrogens is 306 g/mol. The van der Waals surface area contributed by atoms with E-state index in [0.29, 0.717) is 25.9 Å². The number of hydrogen-bond acceptors (Lipinski definition) is 2. The van der Waals surface area contributed by atoms with E-state index in [2.05, 4.69) is 15.9 Å². The third-order valence-corrected chi connectivity index (χ3v) is 4.38. The topological polar surface area (TPSA) is 37.4 Å². The second-order valence-electron chi connectivity index (χ2n) is 5.64. The molecule has 0 saturated carbocycles. The minimum atomic E-state index is -0.415. The van der Waals surface area contributed by atoms with Crippen LogP contribution in [0.2, 0.25) is 0 Å². The number of amides is 1. The van der Waals surface area contributed by atoms with Crippen molar-refractivity contribution in [3.8, 4) is 0 Å². The van der Waals surface area contributed by atoms with Gasteiger partial charge < -0.3 is 4.90 Å². The number of carbonyl (C=O) groups is 2. The molecule has 0 aromatic heterocycles. The van der Waals surface area contributed by atoms with Crippen molar-refractivity contribution in [2.24, 2.45) is 5.41 Å². The summed E-state index contributed by atoms with van der Waals surface area (Å²) in [6.07, 6.45) is 0.848. The molecule has 1 aliphatic heterocycles. The molecule has 1 aromatic carbocycles. The standard InChI is InChI=1S/C15H18BrNO2/c1-15(2)10-17(8-7-13(15)18)14(19)9-11-5-3-4-6-12(11)16/h3-6H,7-10H2,1-2H3. The predicted molar refractivity (Wildman–Crippen MR) is 77.8 cm³/mol. The molecule has 0 bridgehead atoms. The third-order valence-electron chi connectivity index (χ3n) is 3.60. The Morgan fingerprint density at radius 2 is 2.05 bits per heavy atom. The van der Waals surface area contributed by atoms with Gasteiger partial charge in [0.1, 0.15) is 5.78 Å². The lowest BCUT2D eigenvalue weighted by Crippen LogP contribution is -2.49. The lowest BCUT2D eigenvalue weighted by atomic mass is 9.82. The van der Waals surface area contributed by atoms with E-state index in [-0.39, 0.29) is 11.7 Å². The van der Waals surface area contributed by atoms with Crippen LogP contribution in [-0.2, 0) is 16.0 Å². The van der Waals surface area contributed by atoms with Crippen LogP contribution in [0.25, 0.3) is 0 Å². The van der Waals surface area contributed by atoms with E-state index in [0.717, 1.165) is 10.0 Å². The number of ketones is 1. The molecule has 0 radical (unpaired) electrons. The molecule has 4 heteroatoms. The highest BCUT2D eigenvalue weighted by Gasteiger charge is 2.35. The summed E-state index contributed by atoms with van der Waals surface area (Å²) >= 11 is 3.46. The van der Waals surface area contributed by atoms with Crippen molar-refractivity contribution < 1.29 is 9.59 Å². The van der Waals surface area contributed by atoms with Crippen molar-refractivity contribution in [2.75, 3.05) is 13.1 Å². The SMILES string of the molecule is CC1(C)CN(C(=O)Cc2ccccc2Br)CCC1=O. The van der Waals surface area contributed by atoms with Crippen molar-refractivity contribution in [3.05, 3.63) is 34.3 Å². The van der Waals surface area contributed by atoms with Gasteiger partial charge in [0.2, 0.25) is 5.91 Å². The Balaban J connectivity index is 2.05. The Morgan fingerprint density at radius 1 is 1.37 bits per heavy atom. The molecular formula is C15H18BrNO2. The lowest BCUT2D eigenvalue weighted by Gasteiger charge is -2.36. The highest BCUT2D eigenvalue weighted by Crippen LogP contribution is 2.26.